The van der Waals surface area contributed by atoms with Crippen molar-refractivity contribution >= 4 is 23.3 Å². The molecule has 1 aromatic heterocycles. The van der Waals surface area contributed by atoms with Gasteiger partial charge in [0, 0.05) is 24.4 Å². The summed E-state index contributed by atoms with van der Waals surface area (Å²) in [5.74, 6) is 1.36. The van der Waals surface area contributed by atoms with Crippen LogP contribution in [0.2, 0.25) is 5.15 Å². The zero-order chi connectivity index (χ0) is 13.7. The molecule has 0 radical (unpaired) electrons. The Kier molecular flexibility index (Phi) is 5.34. The first kappa shape index (κ1) is 14.7. The number of hydrogen-bond donors (Lipinski definition) is 2. The quantitative estimate of drug-likeness (QED) is 0.614. The zero-order valence-electron chi connectivity index (χ0n) is 11.0. The number of hydrogen-bond acceptors (Lipinski definition) is 4. The van der Waals surface area contributed by atoms with E-state index < -0.39 is 0 Å². The first-order valence-electron chi connectivity index (χ1n) is 5.98. The Morgan fingerprint density at radius 3 is 2.67 bits per heavy atom. The predicted molar refractivity (Wildman–Crippen MR) is 72.8 cm³/mol. The maximum absolute atomic E-state index is 10.6. The minimum absolute atomic E-state index is 0.217. The molecule has 5 nitrogen and oxygen atoms in total. The summed E-state index contributed by atoms with van der Waals surface area (Å²) in [6, 6.07) is 0. The van der Waals surface area contributed by atoms with Crippen LogP contribution < -0.4 is 11.1 Å². The van der Waals surface area contributed by atoms with Crippen molar-refractivity contribution in [2.75, 3.05) is 11.9 Å². The second-order valence-corrected chi connectivity index (χ2v) is 4.86. The van der Waals surface area contributed by atoms with Crippen molar-refractivity contribution in [1.82, 2.24) is 9.97 Å². The minimum Gasteiger partial charge on any atom is -0.370 e. The van der Waals surface area contributed by atoms with Gasteiger partial charge in [0.05, 0.1) is 0 Å². The maximum atomic E-state index is 10.6. The molecule has 6 heteroatoms. The van der Waals surface area contributed by atoms with Crippen LogP contribution in [0, 0.1) is 6.92 Å². The number of nitrogens with one attached hydrogen (secondary N) is 1. The standard InChI is InChI=1S/C12H19ClN4O/c1-7(2)11-16-10(13)8(3)12(17-11)15-6-4-5-9(14)18/h7H,4-6H2,1-3H3,(H2,14,18)(H,15,16,17). The van der Waals surface area contributed by atoms with E-state index in [1.807, 2.05) is 20.8 Å². The average molecular weight is 271 g/mol. The number of carbonyl (C=O) groups is 1. The van der Waals surface area contributed by atoms with Crippen molar-refractivity contribution in [3.8, 4) is 0 Å². The molecule has 0 bridgehead atoms. The summed E-state index contributed by atoms with van der Waals surface area (Å²) in [6.45, 7) is 6.52. The predicted octanol–water partition coefficient (Wildman–Crippen LogP) is 2.24. The van der Waals surface area contributed by atoms with Gasteiger partial charge in [-0.05, 0) is 13.3 Å². The van der Waals surface area contributed by atoms with Crippen molar-refractivity contribution < 1.29 is 4.79 Å². The van der Waals surface area contributed by atoms with Gasteiger partial charge >= 0.3 is 0 Å². The van der Waals surface area contributed by atoms with Gasteiger partial charge in [0.1, 0.15) is 16.8 Å². The van der Waals surface area contributed by atoms with E-state index in [-0.39, 0.29) is 11.8 Å². The molecule has 1 heterocycles. The van der Waals surface area contributed by atoms with Gasteiger partial charge in [-0.15, -0.1) is 0 Å². The molecule has 1 rings (SSSR count). The Morgan fingerprint density at radius 1 is 1.44 bits per heavy atom. The highest BCUT2D eigenvalue weighted by Crippen LogP contribution is 2.22. The number of anilines is 1. The largest absolute Gasteiger partial charge is 0.370 e. The van der Waals surface area contributed by atoms with Crippen LogP contribution in [0.3, 0.4) is 0 Å². The van der Waals surface area contributed by atoms with E-state index in [0.717, 1.165) is 11.4 Å². The Balaban J connectivity index is 2.72. The number of carbonyl (C=O) groups excluding carboxylic acids is 1. The Bertz CT molecular complexity index is 434. The molecule has 1 amide bonds. The number of aromatic nitrogens is 2. The number of primary amides is 1. The molecule has 0 unspecified atom stereocenters. The minimum atomic E-state index is -0.294. The normalized spacial score (nSPS) is 10.7. The van der Waals surface area contributed by atoms with Crippen molar-refractivity contribution in [1.29, 1.82) is 0 Å². The van der Waals surface area contributed by atoms with E-state index in [9.17, 15) is 4.79 Å². The van der Waals surface area contributed by atoms with Crippen LogP contribution in [-0.2, 0) is 4.79 Å². The Labute approximate surface area is 112 Å². The Morgan fingerprint density at radius 2 is 2.11 bits per heavy atom. The molecule has 0 aliphatic heterocycles. The zero-order valence-corrected chi connectivity index (χ0v) is 11.7. The monoisotopic (exact) mass is 270 g/mol. The maximum Gasteiger partial charge on any atom is 0.217 e. The summed E-state index contributed by atoms with van der Waals surface area (Å²) >= 11 is 6.06. The first-order chi connectivity index (χ1) is 8.41. The third-order valence-electron chi connectivity index (χ3n) is 2.51. The molecule has 0 aliphatic rings. The molecule has 0 fully saturated rings. The smallest absolute Gasteiger partial charge is 0.217 e. The van der Waals surface area contributed by atoms with E-state index in [1.54, 1.807) is 0 Å². The van der Waals surface area contributed by atoms with Crippen LogP contribution >= 0.6 is 11.6 Å². The van der Waals surface area contributed by atoms with E-state index in [1.165, 1.54) is 0 Å². The summed E-state index contributed by atoms with van der Waals surface area (Å²) in [5, 5.41) is 3.63. The summed E-state index contributed by atoms with van der Waals surface area (Å²) in [7, 11) is 0. The van der Waals surface area contributed by atoms with Gasteiger partial charge in [-0.1, -0.05) is 25.4 Å². The fourth-order valence-corrected chi connectivity index (χ4v) is 1.58. The highest BCUT2D eigenvalue weighted by Gasteiger charge is 2.11. The lowest BCUT2D eigenvalue weighted by atomic mass is 10.2. The van der Waals surface area contributed by atoms with Gasteiger partial charge in [0.25, 0.3) is 0 Å². The lowest BCUT2D eigenvalue weighted by Crippen LogP contribution is -2.14. The van der Waals surface area contributed by atoms with Gasteiger partial charge in [-0.3, -0.25) is 4.79 Å². The molecule has 0 spiro atoms. The topological polar surface area (TPSA) is 80.9 Å². The summed E-state index contributed by atoms with van der Waals surface area (Å²) in [4.78, 5) is 19.3. The van der Waals surface area contributed by atoms with E-state index in [4.69, 9.17) is 17.3 Å². The lowest BCUT2D eigenvalue weighted by molar-refractivity contribution is -0.118. The third-order valence-corrected chi connectivity index (χ3v) is 2.88. The van der Waals surface area contributed by atoms with Crippen molar-refractivity contribution in [3.63, 3.8) is 0 Å². The molecule has 0 saturated heterocycles. The molecule has 18 heavy (non-hydrogen) atoms. The molecule has 100 valence electrons. The number of nitrogens with two attached hydrogens (primary N) is 1. The van der Waals surface area contributed by atoms with E-state index in [2.05, 4.69) is 15.3 Å². The molecular weight excluding hydrogens is 252 g/mol. The Hall–Kier alpha value is -1.36. The van der Waals surface area contributed by atoms with Crippen LogP contribution in [0.15, 0.2) is 0 Å². The van der Waals surface area contributed by atoms with Gasteiger partial charge in [0.15, 0.2) is 0 Å². The average Bonchev–Trinajstić information content (AvgIpc) is 2.28. The number of rotatable bonds is 6. The van der Waals surface area contributed by atoms with E-state index >= 15 is 0 Å². The van der Waals surface area contributed by atoms with Crippen molar-refractivity contribution in [3.05, 3.63) is 16.5 Å². The highest BCUT2D eigenvalue weighted by atomic mass is 35.5. The first-order valence-corrected chi connectivity index (χ1v) is 6.35. The highest BCUT2D eigenvalue weighted by molar-refractivity contribution is 6.30. The van der Waals surface area contributed by atoms with Gasteiger partial charge in [-0.2, -0.15) is 0 Å². The molecule has 0 aliphatic carbocycles. The second kappa shape index (κ2) is 6.54. The lowest BCUT2D eigenvalue weighted by Gasteiger charge is -2.12. The molecule has 0 saturated carbocycles. The van der Waals surface area contributed by atoms with Gasteiger partial charge < -0.3 is 11.1 Å². The number of nitrogens with zero attached hydrogens (tertiary/aromatic N) is 2. The molecular formula is C12H19ClN4O. The summed E-state index contributed by atoms with van der Waals surface area (Å²) in [5.41, 5.74) is 5.90. The third kappa shape index (κ3) is 4.14. The molecule has 1 aromatic rings. The second-order valence-electron chi connectivity index (χ2n) is 4.50. The van der Waals surface area contributed by atoms with Crippen LogP contribution in [0.1, 0.15) is 44.0 Å². The van der Waals surface area contributed by atoms with Crippen LogP contribution in [0.25, 0.3) is 0 Å². The summed E-state index contributed by atoms with van der Waals surface area (Å²) in [6.07, 6.45) is 1.04. The SMILES string of the molecule is Cc1c(Cl)nc(C(C)C)nc1NCCCC(N)=O. The summed E-state index contributed by atoms with van der Waals surface area (Å²) < 4.78 is 0. The van der Waals surface area contributed by atoms with E-state index in [0.29, 0.717) is 30.4 Å². The number of amides is 1. The van der Waals surface area contributed by atoms with Crippen LogP contribution in [0.5, 0.6) is 0 Å². The van der Waals surface area contributed by atoms with Crippen LogP contribution in [-0.4, -0.2) is 22.4 Å². The van der Waals surface area contributed by atoms with Gasteiger partial charge in [0.2, 0.25) is 5.91 Å². The number of halogens is 1. The fourth-order valence-electron chi connectivity index (χ4n) is 1.41. The van der Waals surface area contributed by atoms with Crippen LogP contribution in [0.4, 0.5) is 5.82 Å². The van der Waals surface area contributed by atoms with Crippen molar-refractivity contribution in [2.45, 2.75) is 39.5 Å². The fraction of sp³-hybridized carbons (Fsp3) is 0.583. The molecule has 3 N–H and O–H groups in total. The van der Waals surface area contributed by atoms with Crippen molar-refractivity contribution in [2.24, 2.45) is 5.73 Å². The molecule has 0 aromatic carbocycles. The van der Waals surface area contributed by atoms with Gasteiger partial charge in [-0.25, -0.2) is 9.97 Å². The molecule has 0 atom stereocenters.